The van der Waals surface area contributed by atoms with Gasteiger partial charge in [-0.05, 0) is 24.8 Å². The Morgan fingerprint density at radius 1 is 1.36 bits per heavy atom. The summed E-state index contributed by atoms with van der Waals surface area (Å²) in [4.78, 5) is 17.7. The number of pyridine rings is 1. The zero-order chi connectivity index (χ0) is 16.2. The molecule has 0 radical (unpaired) electrons. The second-order valence-electron chi connectivity index (χ2n) is 5.18. The Morgan fingerprint density at radius 3 is 2.64 bits per heavy atom. The summed E-state index contributed by atoms with van der Waals surface area (Å²) in [5.41, 5.74) is 0.0575. The Bertz CT molecular complexity index is 514. The summed E-state index contributed by atoms with van der Waals surface area (Å²) in [6.45, 7) is -0.348. The van der Waals surface area contributed by atoms with Gasteiger partial charge in [-0.1, -0.05) is 6.07 Å². The minimum Gasteiger partial charge on any atom is -0.468 e. The van der Waals surface area contributed by atoms with Gasteiger partial charge in [0, 0.05) is 25.8 Å². The molecular weight excluding hydrogens is 301 g/mol. The topological polar surface area (TPSA) is 62.7 Å². The number of ether oxygens (including phenoxy) is 1. The molecule has 122 valence electrons. The smallest absolute Gasteiger partial charge is 0.422 e. The second kappa shape index (κ2) is 6.95. The van der Waals surface area contributed by atoms with Crippen molar-refractivity contribution in [3.05, 3.63) is 23.9 Å². The first-order valence-corrected chi connectivity index (χ1v) is 6.96. The molecule has 0 saturated carbocycles. The van der Waals surface area contributed by atoms with Crippen molar-refractivity contribution in [3.8, 4) is 5.88 Å². The third-order valence-electron chi connectivity index (χ3n) is 3.49. The van der Waals surface area contributed by atoms with E-state index in [1.54, 1.807) is 4.90 Å². The first-order valence-electron chi connectivity index (χ1n) is 6.96. The SMILES string of the molecule is O=C(c1cccc(OCC(F)(F)F)n1)N1CCC(CO)CC1. The molecule has 1 fully saturated rings. The molecule has 0 unspecified atom stereocenters. The van der Waals surface area contributed by atoms with Crippen molar-refractivity contribution in [2.24, 2.45) is 5.92 Å². The average Bonchev–Trinajstić information content (AvgIpc) is 2.52. The first-order chi connectivity index (χ1) is 10.4. The maximum absolute atomic E-state index is 12.3. The van der Waals surface area contributed by atoms with Gasteiger partial charge in [-0.15, -0.1) is 0 Å². The summed E-state index contributed by atoms with van der Waals surface area (Å²) in [7, 11) is 0. The fourth-order valence-corrected chi connectivity index (χ4v) is 2.25. The fourth-order valence-electron chi connectivity index (χ4n) is 2.25. The van der Waals surface area contributed by atoms with Gasteiger partial charge in [0.15, 0.2) is 6.61 Å². The number of aromatic nitrogens is 1. The Balaban J connectivity index is 1.98. The molecule has 22 heavy (non-hydrogen) atoms. The third-order valence-corrected chi connectivity index (χ3v) is 3.49. The van der Waals surface area contributed by atoms with E-state index in [-0.39, 0.29) is 30.0 Å². The number of rotatable bonds is 4. The van der Waals surface area contributed by atoms with Crippen molar-refractivity contribution in [2.75, 3.05) is 26.3 Å². The van der Waals surface area contributed by atoms with Gasteiger partial charge in [0.05, 0.1) is 0 Å². The highest BCUT2D eigenvalue weighted by Gasteiger charge is 2.29. The molecule has 2 heterocycles. The van der Waals surface area contributed by atoms with Gasteiger partial charge in [0.25, 0.3) is 5.91 Å². The largest absolute Gasteiger partial charge is 0.468 e. The zero-order valence-corrected chi connectivity index (χ0v) is 11.8. The maximum Gasteiger partial charge on any atom is 0.422 e. The second-order valence-corrected chi connectivity index (χ2v) is 5.18. The van der Waals surface area contributed by atoms with Crippen LogP contribution in [-0.4, -0.2) is 53.4 Å². The zero-order valence-electron chi connectivity index (χ0n) is 11.8. The number of piperidine rings is 1. The first kappa shape index (κ1) is 16.5. The molecule has 1 aliphatic heterocycles. The molecule has 8 heteroatoms. The Morgan fingerprint density at radius 2 is 2.05 bits per heavy atom. The summed E-state index contributed by atoms with van der Waals surface area (Å²) in [5, 5.41) is 9.07. The van der Waals surface area contributed by atoms with E-state index >= 15 is 0 Å². The number of carbonyl (C=O) groups excluding carboxylic acids is 1. The number of alkyl halides is 3. The van der Waals surface area contributed by atoms with Gasteiger partial charge in [-0.25, -0.2) is 4.98 Å². The van der Waals surface area contributed by atoms with E-state index in [0.29, 0.717) is 25.9 Å². The predicted molar refractivity (Wildman–Crippen MR) is 71.5 cm³/mol. The van der Waals surface area contributed by atoms with Crippen molar-refractivity contribution in [1.29, 1.82) is 0 Å². The van der Waals surface area contributed by atoms with Crippen molar-refractivity contribution in [1.82, 2.24) is 9.88 Å². The number of carbonyl (C=O) groups is 1. The van der Waals surface area contributed by atoms with Crippen LogP contribution < -0.4 is 4.74 Å². The molecular formula is C14H17F3N2O3. The number of likely N-dealkylation sites (tertiary alicyclic amines) is 1. The molecule has 0 spiro atoms. The van der Waals surface area contributed by atoms with Crippen molar-refractivity contribution in [3.63, 3.8) is 0 Å². The highest BCUT2D eigenvalue weighted by Crippen LogP contribution is 2.20. The summed E-state index contributed by atoms with van der Waals surface area (Å²) < 4.78 is 40.9. The van der Waals surface area contributed by atoms with Gasteiger partial charge in [0.1, 0.15) is 5.69 Å². The third kappa shape index (κ3) is 4.59. The molecule has 0 atom stereocenters. The van der Waals surface area contributed by atoms with E-state index < -0.39 is 12.8 Å². The van der Waals surface area contributed by atoms with Crippen molar-refractivity contribution >= 4 is 5.91 Å². The van der Waals surface area contributed by atoms with Crippen LogP contribution in [0.2, 0.25) is 0 Å². The van der Waals surface area contributed by atoms with Gasteiger partial charge < -0.3 is 14.7 Å². The highest BCUT2D eigenvalue weighted by atomic mass is 19.4. The number of aliphatic hydroxyl groups is 1. The van der Waals surface area contributed by atoms with E-state index in [2.05, 4.69) is 9.72 Å². The van der Waals surface area contributed by atoms with Gasteiger partial charge in [-0.3, -0.25) is 4.79 Å². The minimum atomic E-state index is -4.45. The van der Waals surface area contributed by atoms with Crippen LogP contribution in [-0.2, 0) is 0 Å². The van der Waals surface area contributed by atoms with E-state index in [0.717, 1.165) is 0 Å². The number of amides is 1. The molecule has 0 aliphatic carbocycles. The van der Waals surface area contributed by atoms with E-state index in [9.17, 15) is 18.0 Å². The average molecular weight is 318 g/mol. The Kier molecular flexibility index (Phi) is 5.23. The number of aliphatic hydroxyl groups excluding tert-OH is 1. The number of halogens is 3. The quantitative estimate of drug-likeness (QED) is 0.920. The van der Waals surface area contributed by atoms with Gasteiger partial charge in [0.2, 0.25) is 5.88 Å². The standard InChI is InChI=1S/C14H17F3N2O3/c15-14(16,17)9-22-12-3-1-2-11(18-12)13(21)19-6-4-10(8-20)5-7-19/h1-3,10,20H,4-9H2. The molecule has 2 rings (SSSR count). The number of nitrogens with zero attached hydrogens (tertiary/aromatic N) is 2. The molecule has 1 aromatic rings. The Hall–Kier alpha value is -1.83. The number of hydrogen-bond donors (Lipinski definition) is 1. The lowest BCUT2D eigenvalue weighted by Crippen LogP contribution is -2.39. The molecule has 1 aromatic heterocycles. The summed E-state index contributed by atoms with van der Waals surface area (Å²) >= 11 is 0. The van der Waals surface area contributed by atoms with Crippen LogP contribution in [0, 0.1) is 5.92 Å². The molecule has 1 N–H and O–H groups in total. The van der Waals surface area contributed by atoms with Crippen molar-refractivity contribution < 1.29 is 27.8 Å². The monoisotopic (exact) mass is 318 g/mol. The predicted octanol–water partition coefficient (Wildman–Crippen LogP) is 1.87. The van der Waals surface area contributed by atoms with E-state index in [1.807, 2.05) is 0 Å². The summed E-state index contributed by atoms with van der Waals surface area (Å²) in [5.74, 6) is -0.374. The lowest BCUT2D eigenvalue weighted by Gasteiger charge is -2.30. The lowest BCUT2D eigenvalue weighted by atomic mass is 9.98. The molecule has 1 amide bonds. The van der Waals surface area contributed by atoms with E-state index in [1.165, 1.54) is 18.2 Å². The van der Waals surface area contributed by atoms with Crippen molar-refractivity contribution in [2.45, 2.75) is 19.0 Å². The van der Waals surface area contributed by atoms with Crippen LogP contribution in [0.25, 0.3) is 0 Å². The van der Waals surface area contributed by atoms with Crippen LogP contribution in [0.1, 0.15) is 23.3 Å². The molecule has 0 bridgehead atoms. The normalized spacial score (nSPS) is 16.6. The van der Waals surface area contributed by atoms with Gasteiger partial charge in [-0.2, -0.15) is 13.2 Å². The molecule has 1 aliphatic rings. The molecule has 0 aromatic carbocycles. The fraction of sp³-hybridized carbons (Fsp3) is 0.571. The Labute approximate surface area is 125 Å². The van der Waals surface area contributed by atoms with Crippen LogP contribution in [0.5, 0.6) is 5.88 Å². The van der Waals surface area contributed by atoms with Crippen LogP contribution in [0.15, 0.2) is 18.2 Å². The highest BCUT2D eigenvalue weighted by molar-refractivity contribution is 5.92. The van der Waals surface area contributed by atoms with Crippen LogP contribution in [0.4, 0.5) is 13.2 Å². The van der Waals surface area contributed by atoms with Crippen LogP contribution in [0.3, 0.4) is 0 Å². The maximum atomic E-state index is 12.3. The van der Waals surface area contributed by atoms with Crippen LogP contribution >= 0.6 is 0 Å². The number of hydrogen-bond acceptors (Lipinski definition) is 4. The molecule has 1 saturated heterocycles. The molecule has 5 nitrogen and oxygen atoms in total. The summed E-state index contributed by atoms with van der Waals surface area (Å²) in [6.07, 6.45) is -3.05. The minimum absolute atomic E-state index is 0.0575. The summed E-state index contributed by atoms with van der Waals surface area (Å²) in [6, 6.07) is 4.16. The lowest BCUT2D eigenvalue weighted by molar-refractivity contribution is -0.154. The van der Waals surface area contributed by atoms with E-state index in [4.69, 9.17) is 5.11 Å². The van der Waals surface area contributed by atoms with Gasteiger partial charge >= 0.3 is 6.18 Å².